The van der Waals surface area contributed by atoms with E-state index in [1.807, 2.05) is 0 Å². The van der Waals surface area contributed by atoms with Gasteiger partial charge in [0.1, 0.15) is 0 Å². The van der Waals surface area contributed by atoms with Gasteiger partial charge in [0, 0.05) is 12.0 Å². The lowest BCUT2D eigenvalue weighted by molar-refractivity contribution is 0.366. The molecular weight excluding hydrogens is 170 g/mol. The van der Waals surface area contributed by atoms with E-state index >= 15 is 0 Å². The molecule has 1 aromatic carbocycles. The third kappa shape index (κ3) is 1.12. The van der Waals surface area contributed by atoms with E-state index in [2.05, 4.69) is 30.3 Å². The van der Waals surface area contributed by atoms with Gasteiger partial charge in [-0.15, -0.1) is 0 Å². The zero-order valence-electron chi connectivity index (χ0n) is 8.39. The van der Waals surface area contributed by atoms with Crippen LogP contribution in [0.3, 0.4) is 0 Å². The Morgan fingerprint density at radius 1 is 1.00 bits per heavy atom. The molecule has 0 aliphatic heterocycles. The number of hydrogen-bond donors (Lipinski definition) is 1. The van der Waals surface area contributed by atoms with Crippen LogP contribution in [0.25, 0.3) is 0 Å². The van der Waals surface area contributed by atoms with Crippen LogP contribution in [0.5, 0.6) is 0 Å². The van der Waals surface area contributed by atoms with E-state index in [0.717, 1.165) is 11.8 Å². The Morgan fingerprint density at radius 3 is 2.36 bits per heavy atom. The van der Waals surface area contributed by atoms with Crippen LogP contribution in [0, 0.1) is 11.8 Å². The van der Waals surface area contributed by atoms with Gasteiger partial charge >= 0.3 is 0 Å². The Hall–Kier alpha value is -0.820. The summed E-state index contributed by atoms with van der Waals surface area (Å²) in [6, 6.07) is 11.3. The maximum absolute atomic E-state index is 6.30. The van der Waals surface area contributed by atoms with Crippen molar-refractivity contribution in [3.05, 3.63) is 35.9 Å². The highest BCUT2D eigenvalue weighted by molar-refractivity contribution is 5.25. The summed E-state index contributed by atoms with van der Waals surface area (Å²) in [5, 5.41) is 0. The standard InChI is InChI=1S/C13H17N/c14-13-11-7-6-10(8-11)12(13)9-4-2-1-3-5-9/h1-5,10-13H,6-8,14H2/t10-,11+,12+,13+/m1/s1. The number of hydrogen-bond acceptors (Lipinski definition) is 1. The number of benzene rings is 1. The molecule has 4 atom stereocenters. The van der Waals surface area contributed by atoms with Gasteiger partial charge in [-0.2, -0.15) is 0 Å². The van der Waals surface area contributed by atoms with E-state index in [0.29, 0.717) is 12.0 Å². The normalized spacial score (nSPS) is 40.4. The highest BCUT2D eigenvalue weighted by Crippen LogP contribution is 2.51. The van der Waals surface area contributed by atoms with Crippen LogP contribution in [0.1, 0.15) is 30.7 Å². The van der Waals surface area contributed by atoms with Gasteiger partial charge in [-0.25, -0.2) is 0 Å². The third-order valence-electron chi connectivity index (χ3n) is 4.17. The second-order valence-corrected chi connectivity index (χ2v) is 4.85. The molecule has 0 saturated heterocycles. The van der Waals surface area contributed by atoms with E-state index in [9.17, 15) is 0 Å². The summed E-state index contributed by atoms with van der Waals surface area (Å²) in [4.78, 5) is 0. The molecule has 2 aliphatic rings. The molecular formula is C13H17N. The van der Waals surface area contributed by atoms with Gasteiger partial charge in [0.2, 0.25) is 0 Å². The molecule has 74 valence electrons. The average molecular weight is 187 g/mol. The minimum atomic E-state index is 0.427. The SMILES string of the molecule is N[C@H]1[C@H]2CC[C@H](C2)[C@@H]1c1ccccc1. The summed E-state index contributed by atoms with van der Waals surface area (Å²) in [6.07, 6.45) is 4.15. The minimum Gasteiger partial charge on any atom is -0.327 e. The van der Waals surface area contributed by atoms with Crippen molar-refractivity contribution in [3.8, 4) is 0 Å². The van der Waals surface area contributed by atoms with Crippen molar-refractivity contribution in [3.63, 3.8) is 0 Å². The Morgan fingerprint density at radius 2 is 1.71 bits per heavy atom. The maximum Gasteiger partial charge on any atom is 0.0139 e. The summed E-state index contributed by atoms with van der Waals surface area (Å²) in [6.45, 7) is 0. The fourth-order valence-corrected chi connectivity index (χ4v) is 3.51. The highest BCUT2D eigenvalue weighted by Gasteiger charge is 2.46. The largest absolute Gasteiger partial charge is 0.327 e. The number of rotatable bonds is 1. The summed E-state index contributed by atoms with van der Waals surface area (Å²) in [5.74, 6) is 2.33. The molecule has 2 fully saturated rings. The summed E-state index contributed by atoms with van der Waals surface area (Å²) >= 11 is 0. The molecule has 3 rings (SSSR count). The molecule has 0 unspecified atom stereocenters. The van der Waals surface area contributed by atoms with Crippen LogP contribution >= 0.6 is 0 Å². The van der Waals surface area contributed by atoms with Gasteiger partial charge in [-0.3, -0.25) is 0 Å². The van der Waals surface area contributed by atoms with Crippen molar-refractivity contribution in [2.75, 3.05) is 0 Å². The van der Waals surface area contributed by atoms with E-state index in [1.54, 1.807) is 0 Å². The van der Waals surface area contributed by atoms with Gasteiger partial charge in [0.15, 0.2) is 0 Å². The van der Waals surface area contributed by atoms with Gasteiger partial charge < -0.3 is 5.73 Å². The lowest BCUT2D eigenvalue weighted by atomic mass is 9.80. The zero-order valence-corrected chi connectivity index (χ0v) is 8.39. The first-order valence-corrected chi connectivity index (χ1v) is 5.67. The van der Waals surface area contributed by atoms with Crippen molar-refractivity contribution < 1.29 is 0 Å². The molecule has 2 aliphatic carbocycles. The predicted octanol–water partition coefficient (Wildman–Crippen LogP) is 2.53. The fraction of sp³-hybridized carbons (Fsp3) is 0.538. The van der Waals surface area contributed by atoms with E-state index < -0.39 is 0 Å². The van der Waals surface area contributed by atoms with Crippen LogP contribution in [-0.4, -0.2) is 6.04 Å². The average Bonchev–Trinajstić information content (AvgIpc) is 2.79. The molecule has 2 saturated carbocycles. The van der Waals surface area contributed by atoms with Gasteiger partial charge in [-0.05, 0) is 36.7 Å². The molecule has 0 heterocycles. The number of nitrogens with two attached hydrogens (primary N) is 1. The first kappa shape index (κ1) is 8.49. The molecule has 2 bridgehead atoms. The van der Waals surface area contributed by atoms with Crippen molar-refractivity contribution in [1.29, 1.82) is 0 Å². The molecule has 1 aromatic rings. The van der Waals surface area contributed by atoms with E-state index in [-0.39, 0.29) is 0 Å². The van der Waals surface area contributed by atoms with E-state index in [4.69, 9.17) is 5.73 Å². The quantitative estimate of drug-likeness (QED) is 0.718. The topological polar surface area (TPSA) is 26.0 Å². The first-order valence-electron chi connectivity index (χ1n) is 5.67. The van der Waals surface area contributed by atoms with Crippen LogP contribution in [0.4, 0.5) is 0 Å². The minimum absolute atomic E-state index is 0.427. The van der Waals surface area contributed by atoms with Crippen LogP contribution in [-0.2, 0) is 0 Å². The predicted molar refractivity (Wildman–Crippen MR) is 58.0 cm³/mol. The summed E-state index contributed by atoms with van der Waals surface area (Å²) in [5.41, 5.74) is 7.76. The van der Waals surface area contributed by atoms with Crippen molar-refractivity contribution in [2.24, 2.45) is 17.6 Å². The Bertz CT molecular complexity index is 317. The summed E-state index contributed by atoms with van der Waals surface area (Å²) in [7, 11) is 0. The molecule has 0 amide bonds. The van der Waals surface area contributed by atoms with Crippen LogP contribution in [0.2, 0.25) is 0 Å². The van der Waals surface area contributed by atoms with Gasteiger partial charge in [0.05, 0.1) is 0 Å². The molecule has 0 aromatic heterocycles. The monoisotopic (exact) mass is 187 g/mol. The van der Waals surface area contributed by atoms with Gasteiger partial charge in [0.25, 0.3) is 0 Å². The third-order valence-corrected chi connectivity index (χ3v) is 4.17. The first-order chi connectivity index (χ1) is 6.86. The molecule has 1 heteroatoms. The van der Waals surface area contributed by atoms with E-state index in [1.165, 1.54) is 24.8 Å². The summed E-state index contributed by atoms with van der Waals surface area (Å²) < 4.78 is 0. The second-order valence-electron chi connectivity index (χ2n) is 4.85. The van der Waals surface area contributed by atoms with Crippen molar-refractivity contribution in [1.82, 2.24) is 0 Å². The number of fused-ring (bicyclic) bond motifs is 2. The molecule has 1 nitrogen and oxygen atoms in total. The Kier molecular flexibility index (Phi) is 1.88. The van der Waals surface area contributed by atoms with Crippen LogP contribution < -0.4 is 5.73 Å². The van der Waals surface area contributed by atoms with Crippen LogP contribution in [0.15, 0.2) is 30.3 Å². The zero-order chi connectivity index (χ0) is 9.54. The lowest BCUT2D eigenvalue weighted by Gasteiger charge is -2.28. The molecule has 0 spiro atoms. The molecule has 14 heavy (non-hydrogen) atoms. The smallest absolute Gasteiger partial charge is 0.0139 e. The molecule has 0 radical (unpaired) electrons. The Balaban J connectivity index is 1.93. The fourth-order valence-electron chi connectivity index (χ4n) is 3.51. The molecule has 2 N–H and O–H groups in total. The lowest BCUT2D eigenvalue weighted by Crippen LogP contribution is -2.33. The maximum atomic E-state index is 6.30. The van der Waals surface area contributed by atoms with Gasteiger partial charge in [-0.1, -0.05) is 30.3 Å². The highest BCUT2D eigenvalue weighted by atomic mass is 14.7. The Labute approximate surface area is 85.3 Å². The van der Waals surface area contributed by atoms with Crippen molar-refractivity contribution in [2.45, 2.75) is 31.2 Å². The van der Waals surface area contributed by atoms with Crippen molar-refractivity contribution >= 4 is 0 Å². The second kappa shape index (κ2) is 3.09.